The van der Waals surface area contributed by atoms with Crippen molar-refractivity contribution in [3.05, 3.63) is 69.1 Å². The van der Waals surface area contributed by atoms with E-state index in [0.29, 0.717) is 0 Å². The summed E-state index contributed by atoms with van der Waals surface area (Å²) in [6.07, 6.45) is 1.85. The van der Waals surface area contributed by atoms with Gasteiger partial charge in [0.15, 0.2) is 0 Å². The Labute approximate surface area is 137 Å². The topological polar surface area (TPSA) is 25.2 Å². The Morgan fingerprint density at radius 1 is 1.09 bits per heavy atom. The molecule has 0 aliphatic carbocycles. The molecule has 0 aliphatic heterocycles. The summed E-state index contributed by atoms with van der Waals surface area (Å²) in [6, 6.07) is 13.8. The smallest absolute Gasteiger partial charge is 0.262 e. The maximum absolute atomic E-state index is 12.8. The summed E-state index contributed by atoms with van der Waals surface area (Å²) in [5, 5.41) is 1.69. The molecule has 0 radical (unpaired) electrons. The number of benzene rings is 2. The van der Waals surface area contributed by atoms with Crippen molar-refractivity contribution in [3.63, 3.8) is 0 Å². The normalized spacial score (nSPS) is 10.9. The second-order valence-electron chi connectivity index (χ2n) is 5.54. The van der Waals surface area contributed by atoms with E-state index >= 15 is 0 Å². The summed E-state index contributed by atoms with van der Waals surface area (Å²) in [4.78, 5) is 14.8. The van der Waals surface area contributed by atoms with E-state index in [4.69, 9.17) is 0 Å². The van der Waals surface area contributed by atoms with Crippen LogP contribution in [0.4, 0.5) is 5.69 Å². The quantitative estimate of drug-likeness (QED) is 0.689. The fourth-order valence-corrected chi connectivity index (χ4v) is 2.92. The number of anilines is 1. The number of pyridine rings is 1. The second-order valence-corrected chi connectivity index (χ2v) is 6.40. The van der Waals surface area contributed by atoms with Crippen molar-refractivity contribution >= 4 is 32.4 Å². The van der Waals surface area contributed by atoms with E-state index in [1.807, 2.05) is 74.6 Å². The maximum Gasteiger partial charge on any atom is 0.262 e. The van der Waals surface area contributed by atoms with Crippen molar-refractivity contribution in [1.29, 1.82) is 0 Å². The highest BCUT2D eigenvalue weighted by Gasteiger charge is 2.09. The van der Waals surface area contributed by atoms with E-state index in [9.17, 15) is 4.79 Å². The highest BCUT2D eigenvalue weighted by atomic mass is 79.9. The van der Waals surface area contributed by atoms with E-state index < -0.39 is 0 Å². The van der Waals surface area contributed by atoms with Gasteiger partial charge in [-0.15, -0.1) is 0 Å². The van der Waals surface area contributed by atoms with E-state index in [0.717, 1.165) is 32.2 Å². The summed E-state index contributed by atoms with van der Waals surface area (Å²) < 4.78 is 2.71. The first kappa shape index (κ1) is 14.9. The summed E-state index contributed by atoms with van der Waals surface area (Å²) in [7, 11) is 3.99. The highest BCUT2D eigenvalue weighted by molar-refractivity contribution is 9.10. The van der Waals surface area contributed by atoms with Crippen LogP contribution in [0.3, 0.4) is 0 Å². The van der Waals surface area contributed by atoms with Gasteiger partial charge in [0.1, 0.15) is 0 Å². The largest absolute Gasteiger partial charge is 0.378 e. The van der Waals surface area contributed by atoms with Crippen molar-refractivity contribution in [2.45, 2.75) is 6.92 Å². The Morgan fingerprint density at radius 3 is 2.59 bits per heavy atom. The van der Waals surface area contributed by atoms with Crippen LogP contribution >= 0.6 is 15.9 Å². The van der Waals surface area contributed by atoms with Gasteiger partial charge in [-0.1, -0.05) is 22.0 Å². The summed E-state index contributed by atoms with van der Waals surface area (Å²) in [5.74, 6) is 0. The third kappa shape index (κ3) is 2.44. The number of rotatable bonds is 2. The van der Waals surface area contributed by atoms with Gasteiger partial charge in [0, 0.05) is 35.8 Å². The Balaban J connectivity index is 2.25. The zero-order valence-corrected chi connectivity index (χ0v) is 14.4. The first-order valence-electron chi connectivity index (χ1n) is 7.07. The van der Waals surface area contributed by atoms with Gasteiger partial charge >= 0.3 is 0 Å². The predicted octanol–water partition coefficient (Wildman–Crippen LogP) is 4.13. The molecular weight excluding hydrogens is 340 g/mol. The van der Waals surface area contributed by atoms with Gasteiger partial charge in [0.2, 0.25) is 0 Å². The Morgan fingerprint density at radius 2 is 1.86 bits per heavy atom. The minimum absolute atomic E-state index is 0.00371. The fourth-order valence-electron chi connectivity index (χ4n) is 2.56. The molecule has 0 atom stereocenters. The van der Waals surface area contributed by atoms with Crippen LogP contribution in [-0.4, -0.2) is 18.7 Å². The Bertz CT molecular complexity index is 913. The average molecular weight is 357 g/mol. The van der Waals surface area contributed by atoms with Gasteiger partial charge in [-0.25, -0.2) is 0 Å². The second kappa shape index (κ2) is 5.61. The standard InChI is InChI=1S/C18H17BrN2O/c1-12-16(19)5-4-6-17(12)21-10-9-13-11-14(20(2)3)7-8-15(13)18(21)22/h4-11H,1-3H3. The molecule has 2 aromatic carbocycles. The van der Waals surface area contributed by atoms with Crippen molar-refractivity contribution in [3.8, 4) is 5.69 Å². The predicted molar refractivity (Wildman–Crippen MR) is 96.3 cm³/mol. The molecule has 0 aliphatic rings. The molecule has 3 nitrogen and oxygen atoms in total. The molecular formula is C18H17BrN2O. The third-order valence-electron chi connectivity index (χ3n) is 3.90. The van der Waals surface area contributed by atoms with E-state index in [1.165, 1.54) is 0 Å². The molecule has 112 valence electrons. The molecule has 0 unspecified atom stereocenters. The SMILES string of the molecule is Cc1c(Br)cccc1-n1ccc2cc(N(C)C)ccc2c1=O. The molecule has 4 heteroatoms. The molecule has 1 heterocycles. The number of nitrogens with zero attached hydrogens (tertiary/aromatic N) is 2. The first-order chi connectivity index (χ1) is 10.5. The number of hydrogen-bond acceptors (Lipinski definition) is 2. The molecule has 0 N–H and O–H groups in total. The van der Waals surface area contributed by atoms with Crippen molar-refractivity contribution < 1.29 is 0 Å². The molecule has 0 fully saturated rings. The van der Waals surface area contributed by atoms with Crippen LogP contribution in [0.5, 0.6) is 0 Å². The van der Waals surface area contributed by atoms with Crippen molar-refractivity contribution in [1.82, 2.24) is 4.57 Å². The lowest BCUT2D eigenvalue weighted by atomic mass is 10.1. The van der Waals surface area contributed by atoms with Crippen LogP contribution in [0.25, 0.3) is 16.5 Å². The van der Waals surface area contributed by atoms with Gasteiger partial charge in [0.05, 0.1) is 5.69 Å². The van der Waals surface area contributed by atoms with Crippen LogP contribution in [0, 0.1) is 6.92 Å². The van der Waals surface area contributed by atoms with Gasteiger partial charge < -0.3 is 4.90 Å². The van der Waals surface area contributed by atoms with Gasteiger partial charge in [-0.05, 0) is 54.3 Å². The molecule has 0 saturated heterocycles. The molecule has 0 spiro atoms. The average Bonchev–Trinajstić information content (AvgIpc) is 2.50. The van der Waals surface area contributed by atoms with Crippen LogP contribution in [-0.2, 0) is 0 Å². The van der Waals surface area contributed by atoms with Gasteiger partial charge in [-0.3, -0.25) is 9.36 Å². The lowest BCUT2D eigenvalue weighted by Crippen LogP contribution is -2.18. The zero-order valence-electron chi connectivity index (χ0n) is 12.8. The monoisotopic (exact) mass is 356 g/mol. The lowest BCUT2D eigenvalue weighted by molar-refractivity contribution is 0.992. The third-order valence-corrected chi connectivity index (χ3v) is 4.76. The Kier molecular flexibility index (Phi) is 3.79. The highest BCUT2D eigenvalue weighted by Crippen LogP contribution is 2.23. The lowest BCUT2D eigenvalue weighted by Gasteiger charge is -2.14. The first-order valence-corrected chi connectivity index (χ1v) is 7.86. The van der Waals surface area contributed by atoms with Gasteiger partial charge in [0.25, 0.3) is 5.56 Å². The van der Waals surface area contributed by atoms with E-state index in [-0.39, 0.29) is 5.56 Å². The van der Waals surface area contributed by atoms with Crippen molar-refractivity contribution in [2.75, 3.05) is 19.0 Å². The minimum atomic E-state index is 0.00371. The summed E-state index contributed by atoms with van der Waals surface area (Å²) >= 11 is 3.52. The van der Waals surface area contributed by atoms with Crippen LogP contribution in [0.2, 0.25) is 0 Å². The summed E-state index contributed by atoms with van der Waals surface area (Å²) in [6.45, 7) is 2.01. The summed E-state index contributed by atoms with van der Waals surface area (Å²) in [5.41, 5.74) is 3.04. The molecule has 0 saturated carbocycles. The minimum Gasteiger partial charge on any atom is -0.378 e. The molecule has 0 bridgehead atoms. The molecule has 1 aromatic heterocycles. The zero-order chi connectivity index (χ0) is 15.9. The van der Waals surface area contributed by atoms with Crippen LogP contribution in [0.1, 0.15) is 5.56 Å². The van der Waals surface area contributed by atoms with Gasteiger partial charge in [-0.2, -0.15) is 0 Å². The molecule has 22 heavy (non-hydrogen) atoms. The van der Waals surface area contributed by atoms with Crippen LogP contribution < -0.4 is 10.5 Å². The maximum atomic E-state index is 12.8. The van der Waals surface area contributed by atoms with E-state index in [2.05, 4.69) is 15.9 Å². The number of hydrogen-bond donors (Lipinski definition) is 0. The molecule has 3 aromatic rings. The molecule has 3 rings (SSSR count). The molecule has 0 amide bonds. The number of fused-ring (bicyclic) bond motifs is 1. The van der Waals surface area contributed by atoms with E-state index in [1.54, 1.807) is 4.57 Å². The number of aromatic nitrogens is 1. The number of halogens is 1. The van der Waals surface area contributed by atoms with Crippen LogP contribution in [0.15, 0.2) is 57.9 Å². The Hall–Kier alpha value is -2.07. The van der Waals surface area contributed by atoms with Crippen molar-refractivity contribution in [2.24, 2.45) is 0 Å². The fraction of sp³-hybridized carbons (Fsp3) is 0.167.